The molecule has 6 nitrogen and oxygen atoms in total. The van der Waals surface area contributed by atoms with E-state index in [-0.39, 0.29) is 12.1 Å². The van der Waals surface area contributed by atoms with Crippen molar-refractivity contribution < 1.29 is 14.3 Å². The van der Waals surface area contributed by atoms with Gasteiger partial charge in [-0.3, -0.25) is 4.98 Å². The molecule has 2 aromatic rings. The summed E-state index contributed by atoms with van der Waals surface area (Å²) in [5.41, 5.74) is 2.04. The van der Waals surface area contributed by atoms with Crippen molar-refractivity contribution in [3.63, 3.8) is 0 Å². The molecule has 1 aromatic carbocycles. The van der Waals surface area contributed by atoms with Crippen LogP contribution in [0.3, 0.4) is 0 Å². The number of aromatic nitrogens is 1. The molecule has 1 amide bonds. The number of pyridine rings is 1. The number of rotatable bonds is 3. The summed E-state index contributed by atoms with van der Waals surface area (Å²) in [7, 11) is 1.73. The largest absolute Gasteiger partial charge is 0.481 e. The monoisotopic (exact) mass is 399 g/mol. The molecule has 0 bridgehead atoms. The Balaban J connectivity index is 2.00. The molecule has 0 fully saturated rings. The molecule has 28 heavy (non-hydrogen) atoms. The van der Waals surface area contributed by atoms with Gasteiger partial charge in [-0.1, -0.05) is 18.3 Å². The quantitative estimate of drug-likeness (QED) is 0.764. The molecule has 1 aliphatic heterocycles. The lowest BCUT2D eigenvalue weighted by Gasteiger charge is -2.32. The van der Waals surface area contributed by atoms with Crippen LogP contribution in [-0.2, 0) is 4.74 Å². The standard InChI is InChI=1S/C21H25N3O3S/c1-13-19(28)23-16-12-15(6-7-17(16)26-13)18(14-8-10-22-11-9-14)24(5)20(25)27-21(2,3)4/h6-13,18H,1-5H3,(H,23,28). The van der Waals surface area contributed by atoms with E-state index in [4.69, 9.17) is 21.7 Å². The van der Waals surface area contributed by atoms with E-state index >= 15 is 0 Å². The van der Waals surface area contributed by atoms with Crippen molar-refractivity contribution in [1.82, 2.24) is 9.88 Å². The molecule has 1 N–H and O–H groups in total. The molecule has 1 aliphatic rings. The Bertz CT molecular complexity index is 880. The Labute approximate surface area is 170 Å². The smallest absolute Gasteiger partial charge is 0.410 e. The first kappa shape index (κ1) is 20.1. The number of carbonyl (C=O) groups excluding carboxylic acids is 1. The van der Waals surface area contributed by atoms with Gasteiger partial charge in [0, 0.05) is 19.4 Å². The number of nitrogens with one attached hydrogen (secondary N) is 1. The first-order valence-corrected chi connectivity index (χ1v) is 9.54. The second kappa shape index (κ2) is 7.75. The molecular formula is C21H25N3O3S. The SMILES string of the molecule is CC1Oc2ccc(C(c3ccncc3)N(C)C(=O)OC(C)(C)C)cc2NC1=S. The lowest BCUT2D eigenvalue weighted by atomic mass is 9.97. The molecule has 2 heterocycles. The van der Waals surface area contributed by atoms with Gasteiger partial charge in [-0.15, -0.1) is 0 Å². The molecular weight excluding hydrogens is 374 g/mol. The van der Waals surface area contributed by atoms with Crippen molar-refractivity contribution in [2.24, 2.45) is 0 Å². The second-order valence-corrected chi connectivity index (χ2v) is 8.22. The lowest BCUT2D eigenvalue weighted by Crippen LogP contribution is -2.37. The summed E-state index contributed by atoms with van der Waals surface area (Å²) in [6, 6.07) is 9.24. The van der Waals surface area contributed by atoms with Crippen molar-refractivity contribution in [2.45, 2.75) is 45.4 Å². The summed E-state index contributed by atoms with van der Waals surface area (Å²) in [6.45, 7) is 7.45. The van der Waals surface area contributed by atoms with E-state index in [1.165, 1.54) is 0 Å². The van der Waals surface area contributed by atoms with Crippen molar-refractivity contribution in [1.29, 1.82) is 0 Å². The average molecular weight is 400 g/mol. The van der Waals surface area contributed by atoms with Gasteiger partial charge in [-0.2, -0.15) is 0 Å². The first-order valence-electron chi connectivity index (χ1n) is 9.13. The molecule has 2 atom stereocenters. The van der Waals surface area contributed by atoms with Crippen molar-refractivity contribution in [2.75, 3.05) is 12.4 Å². The van der Waals surface area contributed by atoms with Crippen molar-refractivity contribution in [3.8, 4) is 5.75 Å². The highest BCUT2D eigenvalue weighted by Gasteiger charge is 2.29. The van der Waals surface area contributed by atoms with Gasteiger partial charge in [0.15, 0.2) is 0 Å². The van der Waals surface area contributed by atoms with Gasteiger partial charge in [0.25, 0.3) is 0 Å². The van der Waals surface area contributed by atoms with Crippen molar-refractivity contribution in [3.05, 3.63) is 53.9 Å². The van der Waals surface area contributed by atoms with Crippen molar-refractivity contribution >= 4 is 29.0 Å². The maximum Gasteiger partial charge on any atom is 0.410 e. The maximum atomic E-state index is 12.8. The Hall–Kier alpha value is -2.67. The van der Waals surface area contributed by atoms with E-state index in [1.54, 1.807) is 24.3 Å². The summed E-state index contributed by atoms with van der Waals surface area (Å²) >= 11 is 5.33. The molecule has 0 saturated carbocycles. The summed E-state index contributed by atoms with van der Waals surface area (Å²) < 4.78 is 11.4. The number of amides is 1. The van der Waals surface area contributed by atoms with Crippen LogP contribution < -0.4 is 10.1 Å². The molecule has 7 heteroatoms. The number of thiocarbonyl (C=S) groups is 1. The van der Waals surface area contributed by atoms with E-state index < -0.39 is 11.7 Å². The third-order valence-corrected chi connectivity index (χ3v) is 4.77. The van der Waals surface area contributed by atoms with Crippen LogP contribution in [0.1, 0.15) is 44.9 Å². The number of carbonyl (C=O) groups is 1. The first-order chi connectivity index (χ1) is 13.2. The number of hydrogen-bond donors (Lipinski definition) is 1. The third kappa shape index (κ3) is 4.42. The predicted octanol–water partition coefficient (Wildman–Crippen LogP) is 4.56. The van der Waals surface area contributed by atoms with Crippen LogP contribution in [0, 0.1) is 0 Å². The predicted molar refractivity (Wildman–Crippen MR) is 113 cm³/mol. The van der Waals surface area contributed by atoms with Gasteiger partial charge in [0.05, 0.1) is 11.7 Å². The minimum Gasteiger partial charge on any atom is -0.481 e. The van der Waals surface area contributed by atoms with Gasteiger partial charge in [0.1, 0.15) is 22.4 Å². The van der Waals surface area contributed by atoms with Crippen LogP contribution in [0.25, 0.3) is 0 Å². The number of ether oxygens (including phenoxy) is 2. The highest BCUT2D eigenvalue weighted by Crippen LogP contribution is 2.36. The third-order valence-electron chi connectivity index (χ3n) is 4.34. The second-order valence-electron chi connectivity index (χ2n) is 7.78. The summed E-state index contributed by atoms with van der Waals surface area (Å²) in [6.07, 6.45) is 2.85. The van der Waals surface area contributed by atoms with Crippen LogP contribution in [0.5, 0.6) is 5.75 Å². The van der Waals surface area contributed by atoms with Crippen LogP contribution >= 0.6 is 12.2 Å². The van der Waals surface area contributed by atoms with Gasteiger partial charge in [0.2, 0.25) is 0 Å². The summed E-state index contributed by atoms with van der Waals surface area (Å²) in [5, 5.41) is 3.22. The highest BCUT2D eigenvalue weighted by atomic mass is 32.1. The number of hydrogen-bond acceptors (Lipinski definition) is 5. The topological polar surface area (TPSA) is 63.7 Å². The zero-order chi connectivity index (χ0) is 20.5. The summed E-state index contributed by atoms with van der Waals surface area (Å²) in [5.74, 6) is 0.734. The molecule has 3 rings (SSSR count). The van der Waals surface area contributed by atoms with Crippen LogP contribution in [-0.4, -0.2) is 39.7 Å². The van der Waals surface area contributed by atoms with Gasteiger partial charge in [-0.25, -0.2) is 4.79 Å². The van der Waals surface area contributed by atoms with E-state index in [2.05, 4.69) is 10.3 Å². The maximum absolute atomic E-state index is 12.8. The Morgan fingerprint density at radius 3 is 2.57 bits per heavy atom. The minimum absolute atomic E-state index is 0.172. The highest BCUT2D eigenvalue weighted by molar-refractivity contribution is 7.80. The average Bonchev–Trinajstić information content (AvgIpc) is 2.62. The summed E-state index contributed by atoms with van der Waals surface area (Å²) in [4.78, 5) is 19.1. The van der Waals surface area contributed by atoms with Crippen LogP contribution in [0.4, 0.5) is 10.5 Å². The van der Waals surface area contributed by atoms with E-state index in [0.717, 1.165) is 22.6 Å². The van der Waals surface area contributed by atoms with E-state index in [0.29, 0.717) is 4.99 Å². The Morgan fingerprint density at radius 1 is 1.25 bits per heavy atom. The van der Waals surface area contributed by atoms with E-state index in [1.807, 2.05) is 58.0 Å². The lowest BCUT2D eigenvalue weighted by molar-refractivity contribution is 0.0248. The molecule has 0 saturated heterocycles. The zero-order valence-electron chi connectivity index (χ0n) is 16.7. The number of nitrogens with zero attached hydrogens (tertiary/aromatic N) is 2. The molecule has 0 radical (unpaired) electrons. The number of anilines is 1. The number of fused-ring (bicyclic) bond motifs is 1. The fourth-order valence-corrected chi connectivity index (χ4v) is 3.18. The Kier molecular flexibility index (Phi) is 5.56. The minimum atomic E-state index is -0.582. The molecule has 2 unspecified atom stereocenters. The fraction of sp³-hybridized carbons (Fsp3) is 0.381. The number of benzene rings is 1. The normalized spacial score (nSPS) is 17.0. The Morgan fingerprint density at radius 2 is 1.93 bits per heavy atom. The van der Waals surface area contributed by atoms with Gasteiger partial charge < -0.3 is 19.7 Å². The molecule has 1 aromatic heterocycles. The molecule has 0 spiro atoms. The van der Waals surface area contributed by atoms with E-state index in [9.17, 15) is 4.79 Å². The molecule has 148 valence electrons. The van der Waals surface area contributed by atoms with Crippen LogP contribution in [0.15, 0.2) is 42.7 Å². The molecule has 0 aliphatic carbocycles. The van der Waals surface area contributed by atoms with Gasteiger partial charge >= 0.3 is 6.09 Å². The van der Waals surface area contributed by atoms with Gasteiger partial charge in [-0.05, 0) is 63.1 Å². The zero-order valence-corrected chi connectivity index (χ0v) is 17.5. The van der Waals surface area contributed by atoms with Crippen LogP contribution in [0.2, 0.25) is 0 Å². The fourth-order valence-electron chi connectivity index (χ4n) is 3.02.